The van der Waals surface area contributed by atoms with Crippen molar-refractivity contribution < 1.29 is 14.5 Å². The standard InChI is InChI=1S/C12H19N3O3/c1-8-4-3-5-10(7-16)15(8)12(17)6-11-9(2)13-18-14-11/h8,10,16H,3-7H2,1-2H3/t8-,10-/m1/s1. The number of aliphatic hydroxyl groups excluding tert-OH is 1. The zero-order valence-electron chi connectivity index (χ0n) is 10.8. The molecule has 2 heterocycles. The van der Waals surface area contributed by atoms with Crippen molar-refractivity contribution in [1.29, 1.82) is 0 Å². The van der Waals surface area contributed by atoms with Gasteiger partial charge < -0.3 is 10.0 Å². The molecule has 1 aliphatic heterocycles. The summed E-state index contributed by atoms with van der Waals surface area (Å²) < 4.78 is 4.59. The lowest BCUT2D eigenvalue weighted by molar-refractivity contribution is -0.138. The highest BCUT2D eigenvalue weighted by atomic mass is 16.6. The molecule has 18 heavy (non-hydrogen) atoms. The normalized spacial score (nSPS) is 24.3. The minimum atomic E-state index is -0.0681. The molecule has 0 radical (unpaired) electrons. The lowest BCUT2D eigenvalue weighted by Gasteiger charge is -2.39. The van der Waals surface area contributed by atoms with E-state index in [1.807, 2.05) is 6.92 Å². The number of likely N-dealkylation sites (tertiary alicyclic amines) is 1. The van der Waals surface area contributed by atoms with E-state index in [0.717, 1.165) is 19.3 Å². The molecule has 1 aromatic heterocycles. The van der Waals surface area contributed by atoms with Crippen LogP contribution in [0.3, 0.4) is 0 Å². The van der Waals surface area contributed by atoms with Crippen molar-refractivity contribution in [2.75, 3.05) is 6.61 Å². The van der Waals surface area contributed by atoms with Gasteiger partial charge in [-0.25, -0.2) is 4.63 Å². The molecule has 6 nitrogen and oxygen atoms in total. The Bertz CT molecular complexity index is 418. The van der Waals surface area contributed by atoms with Gasteiger partial charge in [0.05, 0.1) is 19.1 Å². The second-order valence-electron chi connectivity index (χ2n) is 4.89. The van der Waals surface area contributed by atoms with Crippen molar-refractivity contribution in [3.05, 3.63) is 11.4 Å². The van der Waals surface area contributed by atoms with Crippen molar-refractivity contribution in [2.24, 2.45) is 0 Å². The number of carbonyl (C=O) groups is 1. The van der Waals surface area contributed by atoms with Crippen LogP contribution in [0.2, 0.25) is 0 Å². The molecule has 100 valence electrons. The first-order valence-electron chi connectivity index (χ1n) is 6.33. The van der Waals surface area contributed by atoms with Crippen LogP contribution in [0.5, 0.6) is 0 Å². The summed E-state index contributed by atoms with van der Waals surface area (Å²) in [5.74, 6) is -0.0138. The van der Waals surface area contributed by atoms with E-state index in [2.05, 4.69) is 14.9 Å². The van der Waals surface area contributed by atoms with Gasteiger partial charge in [0.25, 0.3) is 0 Å². The van der Waals surface area contributed by atoms with E-state index in [1.165, 1.54) is 0 Å². The Morgan fingerprint density at radius 2 is 2.28 bits per heavy atom. The second kappa shape index (κ2) is 5.48. The molecule has 1 fully saturated rings. The summed E-state index contributed by atoms with van der Waals surface area (Å²) in [6, 6.07) is 0.102. The first-order chi connectivity index (χ1) is 8.63. The first-order valence-corrected chi connectivity index (χ1v) is 6.33. The Hall–Kier alpha value is -1.43. The Balaban J connectivity index is 2.08. The van der Waals surface area contributed by atoms with Gasteiger partial charge in [0.2, 0.25) is 5.91 Å². The van der Waals surface area contributed by atoms with Gasteiger partial charge in [0.1, 0.15) is 11.4 Å². The quantitative estimate of drug-likeness (QED) is 0.857. The largest absolute Gasteiger partial charge is 0.394 e. The van der Waals surface area contributed by atoms with Gasteiger partial charge in [-0.3, -0.25) is 4.79 Å². The number of nitrogens with zero attached hydrogens (tertiary/aromatic N) is 3. The monoisotopic (exact) mass is 253 g/mol. The van der Waals surface area contributed by atoms with Crippen molar-refractivity contribution in [2.45, 2.75) is 51.6 Å². The average molecular weight is 253 g/mol. The maximum Gasteiger partial charge on any atom is 0.229 e. The van der Waals surface area contributed by atoms with Crippen molar-refractivity contribution >= 4 is 5.91 Å². The number of carbonyl (C=O) groups excluding carboxylic acids is 1. The van der Waals surface area contributed by atoms with Crippen LogP contribution in [0.25, 0.3) is 0 Å². The predicted molar refractivity (Wildman–Crippen MR) is 63.8 cm³/mol. The molecule has 0 saturated carbocycles. The minimum Gasteiger partial charge on any atom is -0.394 e. The van der Waals surface area contributed by atoms with Gasteiger partial charge in [-0.15, -0.1) is 0 Å². The Morgan fingerprint density at radius 3 is 2.89 bits per heavy atom. The lowest BCUT2D eigenvalue weighted by Crippen LogP contribution is -2.51. The first kappa shape index (κ1) is 13.0. The minimum absolute atomic E-state index is 0.0138. The van der Waals surface area contributed by atoms with E-state index >= 15 is 0 Å². The van der Waals surface area contributed by atoms with Gasteiger partial charge >= 0.3 is 0 Å². The van der Waals surface area contributed by atoms with Gasteiger partial charge in [-0.2, -0.15) is 0 Å². The van der Waals surface area contributed by atoms with E-state index in [0.29, 0.717) is 11.4 Å². The SMILES string of the molecule is Cc1nonc1CC(=O)N1[C@@H](CO)CCC[C@H]1C. The molecule has 0 bridgehead atoms. The van der Waals surface area contributed by atoms with Gasteiger partial charge in [-0.1, -0.05) is 10.3 Å². The second-order valence-corrected chi connectivity index (χ2v) is 4.89. The van der Waals surface area contributed by atoms with Crippen molar-refractivity contribution in [3.8, 4) is 0 Å². The topological polar surface area (TPSA) is 79.5 Å². The van der Waals surface area contributed by atoms with Crippen LogP contribution in [0.1, 0.15) is 37.6 Å². The summed E-state index contributed by atoms with van der Waals surface area (Å²) in [6.45, 7) is 3.81. The number of amides is 1. The molecule has 1 saturated heterocycles. The number of hydrogen-bond acceptors (Lipinski definition) is 5. The fourth-order valence-electron chi connectivity index (χ4n) is 2.56. The molecule has 0 aliphatic carbocycles. The summed E-state index contributed by atoms with van der Waals surface area (Å²) in [4.78, 5) is 14.1. The number of aliphatic hydroxyl groups is 1. The van der Waals surface area contributed by atoms with E-state index < -0.39 is 0 Å². The number of aromatic nitrogens is 2. The summed E-state index contributed by atoms with van der Waals surface area (Å²) >= 11 is 0. The van der Waals surface area contributed by atoms with Crippen LogP contribution in [0.4, 0.5) is 0 Å². The van der Waals surface area contributed by atoms with Crippen LogP contribution in [-0.4, -0.2) is 44.9 Å². The third-order valence-electron chi connectivity index (χ3n) is 3.59. The Morgan fingerprint density at radius 1 is 1.50 bits per heavy atom. The smallest absolute Gasteiger partial charge is 0.229 e. The van der Waals surface area contributed by atoms with Crippen molar-refractivity contribution in [1.82, 2.24) is 15.2 Å². The molecule has 1 N–H and O–H groups in total. The fraction of sp³-hybridized carbons (Fsp3) is 0.750. The van der Waals surface area contributed by atoms with Crippen LogP contribution < -0.4 is 0 Å². The summed E-state index contributed by atoms with van der Waals surface area (Å²) in [5.41, 5.74) is 1.23. The average Bonchev–Trinajstić information content (AvgIpc) is 2.74. The zero-order valence-corrected chi connectivity index (χ0v) is 10.8. The third kappa shape index (κ3) is 2.53. The van der Waals surface area contributed by atoms with Crippen LogP contribution in [0, 0.1) is 6.92 Å². The molecular formula is C12H19N3O3. The highest BCUT2D eigenvalue weighted by molar-refractivity contribution is 5.79. The molecule has 2 atom stereocenters. The molecule has 1 amide bonds. The maximum absolute atomic E-state index is 12.3. The molecule has 0 unspecified atom stereocenters. The number of rotatable bonds is 3. The molecular weight excluding hydrogens is 234 g/mol. The van der Waals surface area contributed by atoms with E-state index in [1.54, 1.807) is 11.8 Å². The predicted octanol–water partition coefficient (Wildman–Crippen LogP) is 0.682. The summed E-state index contributed by atoms with van der Waals surface area (Å²) in [7, 11) is 0. The zero-order chi connectivity index (χ0) is 13.1. The molecule has 6 heteroatoms. The highest BCUT2D eigenvalue weighted by Gasteiger charge is 2.31. The number of hydrogen-bond donors (Lipinski definition) is 1. The fourth-order valence-corrected chi connectivity index (χ4v) is 2.56. The van der Waals surface area contributed by atoms with E-state index in [-0.39, 0.29) is 31.0 Å². The van der Waals surface area contributed by atoms with Gasteiger partial charge in [0, 0.05) is 6.04 Å². The van der Waals surface area contributed by atoms with Gasteiger partial charge in [0.15, 0.2) is 0 Å². The van der Waals surface area contributed by atoms with E-state index in [9.17, 15) is 9.90 Å². The summed E-state index contributed by atoms with van der Waals surface area (Å²) in [6.07, 6.45) is 3.10. The number of piperidine rings is 1. The molecule has 2 rings (SSSR count). The van der Waals surface area contributed by atoms with E-state index in [4.69, 9.17) is 0 Å². The molecule has 1 aromatic rings. The number of aryl methyl sites for hydroxylation is 1. The Labute approximate surface area is 106 Å². The maximum atomic E-state index is 12.3. The van der Waals surface area contributed by atoms with Crippen LogP contribution in [-0.2, 0) is 11.2 Å². The Kier molecular flexibility index (Phi) is 3.96. The molecule has 1 aliphatic rings. The van der Waals surface area contributed by atoms with Crippen molar-refractivity contribution in [3.63, 3.8) is 0 Å². The molecule has 0 aromatic carbocycles. The molecule has 0 spiro atoms. The van der Waals surface area contributed by atoms with Gasteiger partial charge in [-0.05, 0) is 33.1 Å². The van der Waals surface area contributed by atoms with Crippen LogP contribution >= 0.6 is 0 Å². The highest BCUT2D eigenvalue weighted by Crippen LogP contribution is 2.23. The van der Waals surface area contributed by atoms with Crippen LogP contribution in [0.15, 0.2) is 4.63 Å². The lowest BCUT2D eigenvalue weighted by atomic mass is 9.96. The summed E-state index contributed by atoms with van der Waals surface area (Å²) in [5, 5.41) is 16.8. The third-order valence-corrected chi connectivity index (χ3v) is 3.59.